The highest BCUT2D eigenvalue weighted by atomic mass is 19.2. The van der Waals surface area contributed by atoms with E-state index in [1.807, 2.05) is 0 Å². The number of anilines is 1. The van der Waals surface area contributed by atoms with Crippen LogP contribution in [0.5, 0.6) is 0 Å². The molecule has 0 bridgehead atoms. The van der Waals surface area contributed by atoms with Crippen molar-refractivity contribution in [3.8, 4) is 0 Å². The lowest BCUT2D eigenvalue weighted by atomic mass is 9.96. The number of piperidine rings is 1. The molecule has 1 aromatic carbocycles. The number of amides is 2. The first-order chi connectivity index (χ1) is 9.49. The summed E-state index contributed by atoms with van der Waals surface area (Å²) in [7, 11) is 0. The third-order valence-electron chi connectivity index (χ3n) is 3.32. The van der Waals surface area contributed by atoms with E-state index in [4.69, 9.17) is 0 Å². The highest BCUT2D eigenvalue weighted by Gasteiger charge is 2.27. The molecule has 20 heavy (non-hydrogen) atoms. The first-order valence-electron chi connectivity index (χ1n) is 6.18. The zero-order valence-corrected chi connectivity index (χ0v) is 10.5. The monoisotopic (exact) mass is 286 g/mol. The summed E-state index contributed by atoms with van der Waals surface area (Å²) in [6.07, 6.45) is -0.934. The molecule has 0 aromatic heterocycles. The van der Waals surface area contributed by atoms with Gasteiger partial charge in [-0.05, 0) is 25.0 Å². The van der Waals surface area contributed by atoms with Gasteiger partial charge >= 0.3 is 6.16 Å². The number of hydrogen-bond acceptors (Lipinski definition) is 2. The summed E-state index contributed by atoms with van der Waals surface area (Å²) in [5.74, 6) is -3.06. The van der Waals surface area contributed by atoms with E-state index in [0.717, 1.165) is 11.0 Å². The summed E-state index contributed by atoms with van der Waals surface area (Å²) in [4.78, 5) is 23.4. The van der Waals surface area contributed by atoms with E-state index in [2.05, 4.69) is 5.32 Å². The molecule has 7 heteroatoms. The molecule has 0 atom stereocenters. The van der Waals surface area contributed by atoms with E-state index in [1.54, 1.807) is 0 Å². The number of carbonyl (C=O) groups excluding carboxylic acids is 2. The van der Waals surface area contributed by atoms with Gasteiger partial charge in [-0.25, -0.2) is 13.6 Å². The Morgan fingerprint density at radius 3 is 2.45 bits per heavy atom. The molecule has 0 unspecified atom stereocenters. The van der Waals surface area contributed by atoms with Crippen LogP contribution in [-0.4, -0.2) is 30.1 Å². The Morgan fingerprint density at radius 1 is 1.20 bits per heavy atom. The smallest absolute Gasteiger partial charge is 0.323 e. The number of carbonyl (C=O) groups is 2. The normalized spacial score (nSPS) is 16.1. The van der Waals surface area contributed by atoms with Crippen molar-refractivity contribution in [1.29, 1.82) is 0 Å². The Kier molecular flexibility index (Phi) is 4.26. The molecule has 108 valence electrons. The molecule has 0 saturated carbocycles. The highest BCUT2D eigenvalue weighted by Crippen LogP contribution is 2.22. The molecule has 0 radical (unpaired) electrons. The van der Waals surface area contributed by atoms with Gasteiger partial charge in [0, 0.05) is 19.0 Å². The van der Waals surface area contributed by atoms with Crippen LogP contribution in [0.25, 0.3) is 0 Å². The first-order valence-corrected chi connectivity index (χ1v) is 6.18. The van der Waals surface area contributed by atoms with E-state index in [9.17, 15) is 22.8 Å². The number of likely N-dealkylation sites (tertiary alicyclic amines) is 1. The average Bonchev–Trinajstić information content (AvgIpc) is 2.44. The maximum Gasteiger partial charge on any atom is 0.400 e. The van der Waals surface area contributed by atoms with E-state index >= 15 is 0 Å². The lowest BCUT2D eigenvalue weighted by Gasteiger charge is -2.28. The van der Waals surface area contributed by atoms with Gasteiger partial charge in [0.1, 0.15) is 0 Å². The molecule has 1 fully saturated rings. The standard InChI is InChI=1S/C13H13F3N2O2/c14-9-2-1-3-10(11(9)15)17-12(19)8-4-6-18(7-5-8)13(16)20/h1-3,8H,4-7H2,(H,17,19). The third-order valence-corrected chi connectivity index (χ3v) is 3.32. The minimum atomic E-state index is -1.51. The quantitative estimate of drug-likeness (QED) is 0.671. The molecule has 0 spiro atoms. The van der Waals surface area contributed by atoms with Gasteiger partial charge < -0.3 is 10.2 Å². The largest absolute Gasteiger partial charge is 0.400 e. The Hall–Kier alpha value is -2.05. The number of nitrogens with zero attached hydrogens (tertiary/aromatic N) is 1. The minimum Gasteiger partial charge on any atom is -0.323 e. The fourth-order valence-electron chi connectivity index (χ4n) is 2.15. The van der Waals surface area contributed by atoms with Crippen LogP contribution in [0, 0.1) is 17.6 Å². The Morgan fingerprint density at radius 2 is 1.85 bits per heavy atom. The second-order valence-corrected chi connectivity index (χ2v) is 4.60. The van der Waals surface area contributed by atoms with Gasteiger partial charge in [-0.3, -0.25) is 4.79 Å². The lowest BCUT2D eigenvalue weighted by Crippen LogP contribution is -2.39. The zero-order chi connectivity index (χ0) is 14.7. The zero-order valence-electron chi connectivity index (χ0n) is 10.5. The van der Waals surface area contributed by atoms with Crippen molar-refractivity contribution in [1.82, 2.24) is 4.90 Å². The number of benzene rings is 1. The molecule has 2 amide bonds. The fourth-order valence-corrected chi connectivity index (χ4v) is 2.15. The fraction of sp³-hybridized carbons (Fsp3) is 0.385. The van der Waals surface area contributed by atoms with Gasteiger partial charge in [-0.15, -0.1) is 4.39 Å². The van der Waals surface area contributed by atoms with Crippen LogP contribution < -0.4 is 5.32 Å². The molecule has 2 rings (SSSR count). The van der Waals surface area contributed by atoms with Gasteiger partial charge in [0.15, 0.2) is 11.6 Å². The summed E-state index contributed by atoms with van der Waals surface area (Å²) < 4.78 is 38.9. The molecule has 1 N–H and O–H groups in total. The van der Waals surface area contributed by atoms with Crippen molar-refractivity contribution in [3.63, 3.8) is 0 Å². The minimum absolute atomic E-state index is 0.138. The summed E-state index contributed by atoms with van der Waals surface area (Å²) in [5.41, 5.74) is -0.223. The molecule has 1 aromatic rings. The number of hydrogen-bond donors (Lipinski definition) is 1. The van der Waals surface area contributed by atoms with Gasteiger partial charge in [0.2, 0.25) is 5.91 Å². The molecule has 0 aliphatic carbocycles. The maximum absolute atomic E-state index is 13.4. The predicted octanol–water partition coefficient (Wildman–Crippen LogP) is 2.70. The molecule has 1 aliphatic rings. The SMILES string of the molecule is O=C(Nc1cccc(F)c1F)C1CCN(C(=O)F)CC1. The van der Waals surface area contributed by atoms with Crippen LogP contribution in [-0.2, 0) is 4.79 Å². The van der Waals surface area contributed by atoms with Crippen molar-refractivity contribution < 1.29 is 22.8 Å². The van der Waals surface area contributed by atoms with E-state index in [-0.39, 0.29) is 18.8 Å². The third kappa shape index (κ3) is 3.09. The van der Waals surface area contributed by atoms with Crippen LogP contribution in [0.4, 0.5) is 23.7 Å². The molecular formula is C13H13F3N2O2. The van der Waals surface area contributed by atoms with Crippen molar-refractivity contribution in [2.75, 3.05) is 18.4 Å². The molecule has 1 aliphatic heterocycles. The summed E-state index contributed by atoms with van der Waals surface area (Å²) in [5, 5.41) is 2.31. The van der Waals surface area contributed by atoms with Crippen LogP contribution in [0.15, 0.2) is 18.2 Å². The van der Waals surface area contributed by atoms with Crippen molar-refractivity contribution in [3.05, 3.63) is 29.8 Å². The number of rotatable bonds is 2. The van der Waals surface area contributed by atoms with E-state index < -0.39 is 29.6 Å². The van der Waals surface area contributed by atoms with Gasteiger partial charge in [-0.2, -0.15) is 0 Å². The summed E-state index contributed by atoms with van der Waals surface area (Å²) in [6.45, 7) is 0.276. The molecule has 1 saturated heterocycles. The summed E-state index contributed by atoms with van der Waals surface area (Å²) in [6, 6.07) is 3.51. The maximum atomic E-state index is 13.4. The van der Waals surface area contributed by atoms with Crippen LogP contribution >= 0.6 is 0 Å². The van der Waals surface area contributed by atoms with Gasteiger partial charge in [0.05, 0.1) is 5.69 Å². The molecule has 4 nitrogen and oxygen atoms in total. The van der Waals surface area contributed by atoms with Gasteiger partial charge in [-0.1, -0.05) is 6.07 Å². The highest BCUT2D eigenvalue weighted by molar-refractivity contribution is 5.92. The topological polar surface area (TPSA) is 49.4 Å². The first kappa shape index (κ1) is 14.4. The second kappa shape index (κ2) is 5.94. The van der Waals surface area contributed by atoms with Crippen LogP contribution in [0.1, 0.15) is 12.8 Å². The molecular weight excluding hydrogens is 273 g/mol. The second-order valence-electron chi connectivity index (χ2n) is 4.60. The van der Waals surface area contributed by atoms with Crippen LogP contribution in [0.2, 0.25) is 0 Å². The Labute approximate surface area is 113 Å². The van der Waals surface area contributed by atoms with Crippen molar-refractivity contribution in [2.24, 2.45) is 5.92 Å². The average molecular weight is 286 g/mol. The van der Waals surface area contributed by atoms with E-state index in [0.29, 0.717) is 12.8 Å². The van der Waals surface area contributed by atoms with Crippen LogP contribution in [0.3, 0.4) is 0 Å². The lowest BCUT2D eigenvalue weighted by molar-refractivity contribution is -0.121. The predicted molar refractivity (Wildman–Crippen MR) is 65.8 cm³/mol. The Bertz CT molecular complexity index is 528. The Balaban J connectivity index is 1.96. The van der Waals surface area contributed by atoms with E-state index in [1.165, 1.54) is 12.1 Å². The number of halogens is 3. The van der Waals surface area contributed by atoms with Crippen molar-refractivity contribution >= 4 is 17.8 Å². The van der Waals surface area contributed by atoms with Gasteiger partial charge in [0.25, 0.3) is 0 Å². The van der Waals surface area contributed by atoms with Crippen molar-refractivity contribution in [2.45, 2.75) is 12.8 Å². The summed E-state index contributed by atoms with van der Waals surface area (Å²) >= 11 is 0. The number of nitrogens with one attached hydrogen (secondary N) is 1. The molecule has 1 heterocycles.